The molecule has 30 heavy (non-hydrogen) atoms. The van der Waals surface area contributed by atoms with Gasteiger partial charge in [0.2, 0.25) is 5.91 Å². The summed E-state index contributed by atoms with van der Waals surface area (Å²) in [6.07, 6.45) is 0.351. The molecular formula is C25H22N2O2S. The lowest BCUT2D eigenvalue weighted by atomic mass is 10.1. The van der Waals surface area contributed by atoms with E-state index in [0.717, 1.165) is 38.7 Å². The summed E-state index contributed by atoms with van der Waals surface area (Å²) in [5, 5.41) is 6.05. The fourth-order valence-electron chi connectivity index (χ4n) is 3.10. The van der Waals surface area contributed by atoms with E-state index in [-0.39, 0.29) is 5.91 Å². The summed E-state index contributed by atoms with van der Waals surface area (Å²) in [7, 11) is 1.63. The van der Waals surface area contributed by atoms with Crippen LogP contribution in [0.5, 0.6) is 5.75 Å². The molecule has 1 N–H and O–H groups in total. The minimum Gasteiger partial charge on any atom is -0.497 e. The Morgan fingerprint density at radius 2 is 1.60 bits per heavy atom. The molecule has 0 saturated heterocycles. The van der Waals surface area contributed by atoms with Gasteiger partial charge < -0.3 is 10.1 Å². The second-order valence-electron chi connectivity index (χ2n) is 6.90. The standard InChI is InChI=1S/C25H22N2O2S/c1-29-22-13-9-18(10-14-22)15-24(28)26-16-19-7-11-21(12-8-19)25-27-23(17-30-25)20-5-3-2-4-6-20/h2-14,17H,15-16H2,1H3,(H,26,28). The maximum atomic E-state index is 12.2. The van der Waals surface area contributed by atoms with Crippen molar-refractivity contribution in [2.45, 2.75) is 13.0 Å². The number of carbonyl (C=O) groups is 1. The number of hydrogen-bond acceptors (Lipinski definition) is 4. The van der Waals surface area contributed by atoms with Crippen molar-refractivity contribution in [1.29, 1.82) is 0 Å². The van der Waals surface area contributed by atoms with Gasteiger partial charge in [-0.2, -0.15) is 0 Å². The van der Waals surface area contributed by atoms with E-state index >= 15 is 0 Å². The van der Waals surface area contributed by atoms with E-state index in [1.54, 1.807) is 18.4 Å². The molecule has 0 aliphatic rings. The third-order valence-corrected chi connectivity index (χ3v) is 5.68. The van der Waals surface area contributed by atoms with E-state index in [1.807, 2.05) is 54.6 Å². The zero-order valence-corrected chi connectivity index (χ0v) is 17.5. The summed E-state index contributed by atoms with van der Waals surface area (Å²) in [5.74, 6) is 0.784. The molecule has 0 aliphatic heterocycles. The van der Waals surface area contributed by atoms with Crippen molar-refractivity contribution < 1.29 is 9.53 Å². The number of methoxy groups -OCH3 is 1. The summed E-state index contributed by atoms with van der Waals surface area (Å²) in [6, 6.07) is 25.9. The van der Waals surface area contributed by atoms with Crippen molar-refractivity contribution in [3.8, 4) is 27.6 Å². The summed E-state index contributed by atoms with van der Waals surface area (Å²) < 4.78 is 5.14. The molecule has 4 nitrogen and oxygen atoms in total. The van der Waals surface area contributed by atoms with Crippen LogP contribution in [0.1, 0.15) is 11.1 Å². The largest absolute Gasteiger partial charge is 0.497 e. The number of nitrogens with zero attached hydrogens (tertiary/aromatic N) is 1. The van der Waals surface area contributed by atoms with E-state index in [0.29, 0.717) is 13.0 Å². The first-order chi connectivity index (χ1) is 14.7. The molecule has 4 aromatic rings. The third-order valence-electron chi connectivity index (χ3n) is 4.79. The lowest BCUT2D eigenvalue weighted by Gasteiger charge is -2.07. The van der Waals surface area contributed by atoms with Crippen LogP contribution in [0.4, 0.5) is 0 Å². The first-order valence-corrected chi connectivity index (χ1v) is 10.6. The number of nitrogens with one attached hydrogen (secondary N) is 1. The Bertz CT molecular complexity index is 1100. The number of amides is 1. The van der Waals surface area contributed by atoms with E-state index in [4.69, 9.17) is 9.72 Å². The lowest BCUT2D eigenvalue weighted by Crippen LogP contribution is -2.24. The van der Waals surface area contributed by atoms with Gasteiger partial charge in [0.15, 0.2) is 0 Å². The molecule has 1 heterocycles. The number of carbonyl (C=O) groups excluding carboxylic acids is 1. The second-order valence-corrected chi connectivity index (χ2v) is 7.76. The Labute approximate surface area is 180 Å². The molecule has 0 bridgehead atoms. The molecule has 150 valence electrons. The van der Waals surface area contributed by atoms with Gasteiger partial charge in [-0.3, -0.25) is 4.79 Å². The predicted molar refractivity (Wildman–Crippen MR) is 122 cm³/mol. The molecule has 0 unspecified atom stereocenters. The Balaban J connectivity index is 1.33. The van der Waals surface area contributed by atoms with Gasteiger partial charge in [-0.15, -0.1) is 11.3 Å². The van der Waals surface area contributed by atoms with Crippen LogP contribution in [0.25, 0.3) is 21.8 Å². The number of thiazole rings is 1. The minimum atomic E-state index is -0.00308. The zero-order valence-electron chi connectivity index (χ0n) is 16.7. The molecule has 5 heteroatoms. The molecule has 0 aliphatic carbocycles. The van der Waals surface area contributed by atoms with Crippen molar-refractivity contribution in [2.24, 2.45) is 0 Å². The van der Waals surface area contributed by atoms with Gasteiger partial charge >= 0.3 is 0 Å². The molecule has 1 aromatic heterocycles. The summed E-state index contributed by atoms with van der Waals surface area (Å²) >= 11 is 1.64. The molecule has 0 atom stereocenters. The van der Waals surface area contributed by atoms with Crippen LogP contribution < -0.4 is 10.1 Å². The van der Waals surface area contributed by atoms with Gasteiger partial charge in [-0.25, -0.2) is 4.98 Å². The maximum Gasteiger partial charge on any atom is 0.224 e. The minimum absolute atomic E-state index is 0.00308. The van der Waals surface area contributed by atoms with Crippen molar-refractivity contribution >= 4 is 17.2 Å². The molecule has 0 radical (unpaired) electrons. The van der Waals surface area contributed by atoms with Gasteiger partial charge in [0.25, 0.3) is 0 Å². The van der Waals surface area contributed by atoms with Crippen LogP contribution >= 0.6 is 11.3 Å². The Morgan fingerprint density at radius 3 is 2.30 bits per heavy atom. The second kappa shape index (κ2) is 9.37. The van der Waals surface area contributed by atoms with Gasteiger partial charge in [0, 0.05) is 23.1 Å². The lowest BCUT2D eigenvalue weighted by molar-refractivity contribution is -0.120. The highest BCUT2D eigenvalue weighted by Gasteiger charge is 2.07. The molecule has 3 aromatic carbocycles. The van der Waals surface area contributed by atoms with E-state index in [2.05, 4.69) is 35.0 Å². The van der Waals surface area contributed by atoms with Crippen LogP contribution in [0.15, 0.2) is 84.2 Å². The average Bonchev–Trinajstić information content (AvgIpc) is 3.29. The van der Waals surface area contributed by atoms with Crippen LogP contribution in [0.2, 0.25) is 0 Å². The van der Waals surface area contributed by atoms with Crippen LogP contribution in [-0.4, -0.2) is 18.0 Å². The van der Waals surface area contributed by atoms with Crippen LogP contribution in [-0.2, 0) is 17.8 Å². The molecular weight excluding hydrogens is 392 g/mol. The highest BCUT2D eigenvalue weighted by Crippen LogP contribution is 2.28. The first-order valence-electron chi connectivity index (χ1n) is 9.71. The molecule has 0 spiro atoms. The number of hydrogen-bond donors (Lipinski definition) is 1. The highest BCUT2D eigenvalue weighted by atomic mass is 32.1. The van der Waals surface area contributed by atoms with Crippen molar-refractivity contribution in [1.82, 2.24) is 10.3 Å². The normalized spacial score (nSPS) is 10.6. The van der Waals surface area contributed by atoms with Gasteiger partial charge in [-0.05, 0) is 23.3 Å². The van der Waals surface area contributed by atoms with Crippen molar-refractivity contribution in [2.75, 3.05) is 7.11 Å². The zero-order chi connectivity index (χ0) is 20.8. The number of ether oxygens (including phenoxy) is 1. The maximum absolute atomic E-state index is 12.2. The topological polar surface area (TPSA) is 51.2 Å². The van der Waals surface area contributed by atoms with Crippen LogP contribution in [0.3, 0.4) is 0 Å². The van der Waals surface area contributed by atoms with Gasteiger partial charge in [-0.1, -0.05) is 66.7 Å². The predicted octanol–water partition coefficient (Wildman–Crippen LogP) is 5.34. The summed E-state index contributed by atoms with van der Waals surface area (Å²) in [6.45, 7) is 0.502. The fourth-order valence-corrected chi connectivity index (χ4v) is 3.94. The first kappa shape index (κ1) is 19.9. The SMILES string of the molecule is COc1ccc(CC(=O)NCc2ccc(-c3nc(-c4ccccc4)cs3)cc2)cc1. The Kier molecular flexibility index (Phi) is 6.20. The smallest absolute Gasteiger partial charge is 0.224 e. The van der Waals surface area contributed by atoms with Gasteiger partial charge in [0.05, 0.1) is 19.2 Å². The monoisotopic (exact) mass is 414 g/mol. The fraction of sp³-hybridized carbons (Fsp3) is 0.120. The van der Waals surface area contributed by atoms with Crippen LogP contribution in [0, 0.1) is 0 Å². The van der Waals surface area contributed by atoms with Crippen molar-refractivity contribution in [3.05, 3.63) is 95.4 Å². The Morgan fingerprint density at radius 1 is 0.900 bits per heavy atom. The average molecular weight is 415 g/mol. The summed E-state index contributed by atoms with van der Waals surface area (Å²) in [5.41, 5.74) is 5.21. The van der Waals surface area contributed by atoms with E-state index in [9.17, 15) is 4.79 Å². The molecule has 4 rings (SSSR count). The Hall–Kier alpha value is -3.44. The van der Waals surface area contributed by atoms with Crippen molar-refractivity contribution in [3.63, 3.8) is 0 Å². The molecule has 0 saturated carbocycles. The highest BCUT2D eigenvalue weighted by molar-refractivity contribution is 7.13. The number of aromatic nitrogens is 1. The number of benzene rings is 3. The van der Waals surface area contributed by atoms with E-state index < -0.39 is 0 Å². The summed E-state index contributed by atoms with van der Waals surface area (Å²) in [4.78, 5) is 17.0. The van der Waals surface area contributed by atoms with E-state index in [1.165, 1.54) is 0 Å². The van der Waals surface area contributed by atoms with Gasteiger partial charge in [0.1, 0.15) is 10.8 Å². The quantitative estimate of drug-likeness (QED) is 0.444. The molecule has 0 fully saturated rings. The number of rotatable bonds is 7. The molecule has 1 amide bonds. The third kappa shape index (κ3) is 4.93.